The normalized spacial score (nSPS) is 13.7. The smallest absolute Gasteiger partial charge is 0.274 e. The predicted molar refractivity (Wildman–Crippen MR) is 109 cm³/mol. The molecule has 0 fully saturated rings. The van der Waals surface area contributed by atoms with Gasteiger partial charge >= 0.3 is 0 Å². The maximum Gasteiger partial charge on any atom is 0.274 e. The summed E-state index contributed by atoms with van der Waals surface area (Å²) in [6.45, 7) is 5.54. The lowest BCUT2D eigenvalue weighted by molar-refractivity contribution is 0.686. The molecule has 0 bridgehead atoms. The van der Waals surface area contributed by atoms with Crippen LogP contribution >= 0.6 is 11.3 Å². The molecule has 28 heavy (non-hydrogen) atoms. The number of thiazole rings is 1. The Kier molecular flexibility index (Phi) is 3.94. The first-order valence-corrected chi connectivity index (χ1v) is 9.91. The van der Waals surface area contributed by atoms with Crippen LogP contribution in [0.3, 0.4) is 0 Å². The first-order chi connectivity index (χ1) is 13.6. The molecule has 4 aromatic rings. The van der Waals surface area contributed by atoms with Gasteiger partial charge in [0.1, 0.15) is 0 Å². The van der Waals surface area contributed by atoms with Crippen LogP contribution in [0.15, 0.2) is 41.6 Å². The van der Waals surface area contributed by atoms with Gasteiger partial charge in [-0.05, 0) is 37.1 Å². The van der Waals surface area contributed by atoms with Crippen LogP contribution < -0.4 is 10.5 Å². The largest absolute Gasteiger partial charge is 0.350 e. The molecule has 4 aromatic heterocycles. The fourth-order valence-electron chi connectivity index (χ4n) is 3.60. The van der Waals surface area contributed by atoms with E-state index in [-0.39, 0.29) is 5.56 Å². The van der Waals surface area contributed by atoms with Crippen LogP contribution in [-0.2, 0) is 13.0 Å². The predicted octanol–water partition coefficient (Wildman–Crippen LogP) is 2.79. The molecule has 0 aromatic carbocycles. The first kappa shape index (κ1) is 17.0. The Balaban J connectivity index is 1.53. The molecule has 5 rings (SSSR count). The van der Waals surface area contributed by atoms with E-state index in [2.05, 4.69) is 31.0 Å². The Morgan fingerprint density at radius 2 is 2.00 bits per heavy atom. The summed E-state index contributed by atoms with van der Waals surface area (Å²) in [6, 6.07) is 5.54. The summed E-state index contributed by atoms with van der Waals surface area (Å²) in [4.78, 5) is 28.8. The highest BCUT2D eigenvalue weighted by molar-refractivity contribution is 7.15. The van der Waals surface area contributed by atoms with Crippen LogP contribution in [0.5, 0.6) is 0 Å². The zero-order chi connectivity index (χ0) is 19.3. The Morgan fingerprint density at radius 3 is 2.82 bits per heavy atom. The van der Waals surface area contributed by atoms with Gasteiger partial charge in [-0.1, -0.05) is 0 Å². The van der Waals surface area contributed by atoms with Gasteiger partial charge in [-0.15, -0.1) is 16.4 Å². The van der Waals surface area contributed by atoms with Crippen LogP contribution in [0.4, 0.5) is 5.82 Å². The maximum atomic E-state index is 12.2. The summed E-state index contributed by atoms with van der Waals surface area (Å²) < 4.78 is 1.37. The highest BCUT2D eigenvalue weighted by atomic mass is 32.1. The number of hydrogen-bond acceptors (Lipinski definition) is 7. The van der Waals surface area contributed by atoms with Gasteiger partial charge in [0.05, 0.1) is 9.88 Å². The summed E-state index contributed by atoms with van der Waals surface area (Å²) in [6.07, 6.45) is 6.20. The number of aryl methyl sites for hydroxylation is 2. The number of anilines is 1. The van der Waals surface area contributed by atoms with Crippen molar-refractivity contribution in [2.75, 3.05) is 11.4 Å². The topological polar surface area (TPSA) is 76.3 Å². The first-order valence-electron chi connectivity index (χ1n) is 9.10. The molecule has 1 aliphatic rings. The second kappa shape index (κ2) is 6.49. The van der Waals surface area contributed by atoms with Crippen molar-refractivity contribution in [3.63, 3.8) is 0 Å². The number of hydrogen-bond donors (Lipinski definition) is 0. The van der Waals surface area contributed by atoms with Gasteiger partial charge in [0, 0.05) is 55.4 Å². The molecule has 0 N–H and O–H groups in total. The van der Waals surface area contributed by atoms with Crippen molar-refractivity contribution in [3.8, 4) is 10.4 Å². The van der Waals surface area contributed by atoms with Gasteiger partial charge in [-0.2, -0.15) is 4.52 Å². The third kappa shape index (κ3) is 2.86. The Morgan fingerprint density at radius 1 is 1.11 bits per heavy atom. The molecule has 5 heterocycles. The highest BCUT2D eigenvalue weighted by Gasteiger charge is 2.21. The molecule has 0 spiro atoms. The van der Waals surface area contributed by atoms with E-state index < -0.39 is 0 Å². The van der Waals surface area contributed by atoms with Gasteiger partial charge in [0.25, 0.3) is 5.56 Å². The van der Waals surface area contributed by atoms with Gasteiger partial charge in [0.2, 0.25) is 0 Å². The fourth-order valence-corrected chi connectivity index (χ4v) is 4.35. The van der Waals surface area contributed by atoms with E-state index in [4.69, 9.17) is 0 Å². The van der Waals surface area contributed by atoms with Gasteiger partial charge in [0.15, 0.2) is 11.5 Å². The molecular formula is C20H18N6OS. The zero-order valence-electron chi connectivity index (χ0n) is 15.6. The number of rotatable bonds is 2. The van der Waals surface area contributed by atoms with E-state index in [1.54, 1.807) is 11.3 Å². The minimum absolute atomic E-state index is 0.173. The zero-order valence-corrected chi connectivity index (χ0v) is 16.4. The van der Waals surface area contributed by atoms with Crippen molar-refractivity contribution >= 4 is 22.8 Å². The molecule has 0 aliphatic carbocycles. The summed E-state index contributed by atoms with van der Waals surface area (Å²) in [5.41, 5.74) is 4.80. The van der Waals surface area contributed by atoms with E-state index in [1.807, 2.05) is 32.3 Å². The number of aromatic nitrogens is 5. The number of pyridine rings is 1. The fraction of sp³-hybridized carbons (Fsp3) is 0.250. The lowest BCUT2D eigenvalue weighted by Crippen LogP contribution is -2.33. The van der Waals surface area contributed by atoms with E-state index in [0.29, 0.717) is 12.2 Å². The Hall–Kier alpha value is -3.13. The third-order valence-corrected chi connectivity index (χ3v) is 5.95. The minimum atomic E-state index is -0.173. The van der Waals surface area contributed by atoms with Gasteiger partial charge < -0.3 is 4.90 Å². The molecule has 0 radical (unpaired) electrons. The number of nitrogens with zero attached hydrogens (tertiary/aromatic N) is 6. The Bertz CT molecular complexity index is 1260. The molecule has 0 atom stereocenters. The van der Waals surface area contributed by atoms with Crippen molar-refractivity contribution in [2.24, 2.45) is 0 Å². The molecule has 0 unspecified atom stereocenters. The summed E-state index contributed by atoms with van der Waals surface area (Å²) >= 11 is 1.67. The molecule has 0 saturated heterocycles. The van der Waals surface area contributed by atoms with Crippen molar-refractivity contribution in [1.82, 2.24) is 24.6 Å². The average molecular weight is 390 g/mol. The monoisotopic (exact) mass is 390 g/mol. The number of fused-ring (bicyclic) bond motifs is 2. The highest BCUT2D eigenvalue weighted by Crippen LogP contribution is 2.30. The summed E-state index contributed by atoms with van der Waals surface area (Å²) in [7, 11) is 0. The standard InChI is InChI=1S/C20H18N6OS/c1-12-7-18-21-5-3-19(27)26(18)24-20(12)25-6-4-16-15(11-25)8-14(9-23-16)17-10-22-13(2)28-17/h3,5,7-10H,4,6,11H2,1-2H3. The lowest BCUT2D eigenvalue weighted by Gasteiger charge is -2.30. The summed E-state index contributed by atoms with van der Waals surface area (Å²) in [5, 5.41) is 5.64. The van der Waals surface area contributed by atoms with Crippen LogP contribution in [0.1, 0.15) is 21.8 Å². The molecule has 0 amide bonds. The molecule has 1 aliphatic heterocycles. The maximum absolute atomic E-state index is 12.2. The average Bonchev–Trinajstić information content (AvgIpc) is 3.13. The molecule has 8 heteroatoms. The lowest BCUT2D eigenvalue weighted by atomic mass is 10.0. The van der Waals surface area contributed by atoms with Crippen LogP contribution in [0, 0.1) is 13.8 Å². The van der Waals surface area contributed by atoms with Crippen molar-refractivity contribution in [1.29, 1.82) is 0 Å². The minimum Gasteiger partial charge on any atom is -0.350 e. The molecular weight excluding hydrogens is 372 g/mol. The van der Waals surface area contributed by atoms with Crippen molar-refractivity contribution in [2.45, 2.75) is 26.8 Å². The second-order valence-corrected chi connectivity index (χ2v) is 8.18. The van der Waals surface area contributed by atoms with Crippen LogP contribution in [0.2, 0.25) is 0 Å². The van der Waals surface area contributed by atoms with E-state index in [0.717, 1.165) is 45.5 Å². The Labute approximate surface area is 165 Å². The van der Waals surface area contributed by atoms with E-state index in [9.17, 15) is 4.79 Å². The summed E-state index contributed by atoms with van der Waals surface area (Å²) in [5.74, 6) is 0.812. The van der Waals surface area contributed by atoms with E-state index >= 15 is 0 Å². The van der Waals surface area contributed by atoms with Crippen molar-refractivity contribution in [3.05, 3.63) is 69.0 Å². The van der Waals surface area contributed by atoms with Gasteiger partial charge in [-0.25, -0.2) is 9.97 Å². The van der Waals surface area contributed by atoms with E-state index in [1.165, 1.54) is 22.3 Å². The third-order valence-electron chi connectivity index (χ3n) is 4.99. The molecule has 0 saturated carbocycles. The van der Waals surface area contributed by atoms with Crippen LogP contribution in [-0.4, -0.2) is 31.1 Å². The quantitative estimate of drug-likeness (QED) is 0.524. The molecule has 140 valence electrons. The molecule has 7 nitrogen and oxygen atoms in total. The SMILES string of the molecule is Cc1ncc(-c2cnc3c(c2)CN(c2nn4c(=O)ccnc4cc2C)CC3)s1. The van der Waals surface area contributed by atoms with Crippen molar-refractivity contribution < 1.29 is 0 Å². The second-order valence-electron chi connectivity index (χ2n) is 6.95. The van der Waals surface area contributed by atoms with Crippen LogP contribution in [0.25, 0.3) is 16.1 Å². The van der Waals surface area contributed by atoms with Gasteiger partial charge in [-0.3, -0.25) is 9.78 Å².